The Labute approximate surface area is 212 Å². The van der Waals surface area contributed by atoms with Crippen molar-refractivity contribution in [2.75, 3.05) is 0 Å². The highest BCUT2D eigenvalue weighted by Crippen LogP contribution is 2.28. The molecule has 0 unspecified atom stereocenters. The largest absolute Gasteiger partial charge is 0.444 e. The number of imidazole rings is 1. The van der Waals surface area contributed by atoms with Gasteiger partial charge < -0.3 is 10.1 Å². The maximum atomic E-state index is 13.3. The number of nitrogens with zero attached hydrogens (tertiary/aromatic N) is 5. The second-order valence-electron chi connectivity index (χ2n) is 9.78. The van der Waals surface area contributed by atoms with Crippen molar-refractivity contribution in [3.63, 3.8) is 0 Å². The summed E-state index contributed by atoms with van der Waals surface area (Å²) in [6.07, 6.45) is 6.18. The quantitative estimate of drug-likeness (QED) is 0.334. The number of carbonyl (C=O) groups excluding carboxylic acids is 1. The Hall–Kier alpha value is -3.21. The molecule has 192 valence electrons. The number of amides is 1. The van der Waals surface area contributed by atoms with Gasteiger partial charge in [0.15, 0.2) is 5.65 Å². The van der Waals surface area contributed by atoms with Gasteiger partial charge in [-0.3, -0.25) is 4.98 Å². The van der Waals surface area contributed by atoms with Crippen LogP contribution in [-0.4, -0.2) is 42.3 Å². The van der Waals surface area contributed by atoms with E-state index in [2.05, 4.69) is 25.4 Å². The number of ether oxygens (including phenoxy) is 1. The molecule has 0 radical (unpaired) electrons. The van der Waals surface area contributed by atoms with Crippen molar-refractivity contribution in [2.24, 2.45) is 0 Å². The van der Waals surface area contributed by atoms with Crippen molar-refractivity contribution in [1.82, 2.24) is 29.9 Å². The predicted molar refractivity (Wildman–Crippen MR) is 135 cm³/mol. The predicted octanol–water partition coefficient (Wildman–Crippen LogP) is 6.49. The number of carbonyl (C=O) groups is 1. The number of fused-ring (bicyclic) bond motifs is 2. The lowest BCUT2D eigenvalue weighted by Crippen LogP contribution is -2.39. The third-order valence-corrected chi connectivity index (χ3v) is 6.37. The van der Waals surface area contributed by atoms with Crippen molar-refractivity contribution in [2.45, 2.75) is 77.9 Å². The summed E-state index contributed by atoms with van der Waals surface area (Å²) in [4.78, 5) is 24.9. The van der Waals surface area contributed by atoms with E-state index in [-0.39, 0.29) is 17.3 Å². The summed E-state index contributed by atoms with van der Waals surface area (Å²) in [6, 6.07) is 3.52. The van der Waals surface area contributed by atoms with Crippen LogP contribution in [0.4, 0.5) is 13.6 Å². The highest BCUT2D eigenvalue weighted by Gasteiger charge is 2.21. The molecule has 8 nitrogen and oxygen atoms in total. The Morgan fingerprint density at radius 1 is 1.19 bits per heavy atom. The molecular weight excluding hydrogens is 486 g/mol. The number of aromatic nitrogens is 5. The van der Waals surface area contributed by atoms with E-state index in [0.29, 0.717) is 23.1 Å². The highest BCUT2D eigenvalue weighted by molar-refractivity contribution is 7.16. The Kier molecular flexibility index (Phi) is 7.77. The smallest absolute Gasteiger partial charge is 0.407 e. The highest BCUT2D eigenvalue weighted by atomic mass is 32.1. The zero-order chi connectivity index (χ0) is 25.9. The molecule has 5 rings (SSSR count). The van der Waals surface area contributed by atoms with Gasteiger partial charge in [-0.05, 0) is 58.0 Å². The summed E-state index contributed by atoms with van der Waals surface area (Å²) in [5, 5.41) is 9.12. The van der Waals surface area contributed by atoms with E-state index in [4.69, 9.17) is 4.74 Å². The molecule has 1 saturated carbocycles. The van der Waals surface area contributed by atoms with Crippen LogP contribution in [0.15, 0.2) is 29.9 Å². The van der Waals surface area contributed by atoms with E-state index in [1.807, 2.05) is 32.2 Å². The maximum Gasteiger partial charge on any atom is 0.407 e. The fourth-order valence-electron chi connectivity index (χ4n) is 3.99. The minimum Gasteiger partial charge on any atom is -0.444 e. The zero-order valence-corrected chi connectivity index (χ0v) is 21.6. The van der Waals surface area contributed by atoms with Crippen molar-refractivity contribution >= 4 is 33.4 Å². The van der Waals surface area contributed by atoms with E-state index < -0.39 is 12.0 Å². The first-order valence-electron chi connectivity index (χ1n) is 11.9. The standard InChI is InChI=1S/C14H9F2N5S.C11H21NO2/c1-7-6-21-13(18-7)8(12(15)16)4-10(20-21)11-5-17-9-2-3-22-14(9)19-11;1-11(2,3)14-10(13)12-9-7-5-4-6-8-9/h2-6,12H,1H3;9H,4-8H2,1-3H3,(H,12,13). The molecule has 4 aromatic heterocycles. The molecule has 36 heavy (non-hydrogen) atoms. The van der Waals surface area contributed by atoms with E-state index >= 15 is 0 Å². The van der Waals surface area contributed by atoms with Crippen LogP contribution in [0.1, 0.15) is 70.6 Å². The van der Waals surface area contributed by atoms with Gasteiger partial charge in [0.2, 0.25) is 0 Å². The minimum absolute atomic E-state index is 0.161. The molecule has 0 spiro atoms. The van der Waals surface area contributed by atoms with E-state index in [9.17, 15) is 13.6 Å². The number of hydrogen-bond donors (Lipinski definition) is 1. The first kappa shape index (κ1) is 25.9. The molecule has 0 bridgehead atoms. The number of thiophene rings is 1. The first-order valence-corrected chi connectivity index (χ1v) is 12.8. The number of aryl methyl sites for hydroxylation is 1. The van der Waals surface area contributed by atoms with Crippen LogP contribution in [0.3, 0.4) is 0 Å². The molecule has 1 fully saturated rings. The van der Waals surface area contributed by atoms with Gasteiger partial charge in [0.25, 0.3) is 6.43 Å². The van der Waals surface area contributed by atoms with Gasteiger partial charge in [0.05, 0.1) is 29.2 Å². The van der Waals surface area contributed by atoms with Gasteiger partial charge in [0.1, 0.15) is 21.8 Å². The van der Waals surface area contributed by atoms with Crippen molar-refractivity contribution in [3.8, 4) is 11.4 Å². The lowest BCUT2D eigenvalue weighted by Gasteiger charge is -2.25. The van der Waals surface area contributed by atoms with Crippen LogP contribution >= 0.6 is 11.3 Å². The Morgan fingerprint density at radius 2 is 1.94 bits per heavy atom. The number of halogens is 2. The summed E-state index contributed by atoms with van der Waals surface area (Å²) in [5.74, 6) is 0. The number of nitrogens with one attached hydrogen (secondary N) is 1. The monoisotopic (exact) mass is 516 g/mol. The lowest BCUT2D eigenvalue weighted by molar-refractivity contribution is 0.0493. The fourth-order valence-corrected chi connectivity index (χ4v) is 4.71. The topological polar surface area (TPSA) is 94.3 Å². The molecule has 0 aromatic carbocycles. The molecule has 1 N–H and O–H groups in total. The van der Waals surface area contributed by atoms with Crippen molar-refractivity contribution < 1.29 is 18.3 Å². The molecule has 4 heterocycles. The van der Waals surface area contributed by atoms with Crippen LogP contribution in [-0.2, 0) is 4.74 Å². The molecule has 1 aliphatic carbocycles. The average molecular weight is 517 g/mol. The van der Waals surface area contributed by atoms with Gasteiger partial charge in [0, 0.05) is 6.04 Å². The molecule has 1 amide bonds. The van der Waals surface area contributed by atoms with Crippen LogP contribution in [0.5, 0.6) is 0 Å². The van der Waals surface area contributed by atoms with Gasteiger partial charge >= 0.3 is 6.09 Å². The summed E-state index contributed by atoms with van der Waals surface area (Å²) in [5.41, 5.74) is 1.84. The van der Waals surface area contributed by atoms with Gasteiger partial charge in [-0.1, -0.05) is 19.3 Å². The van der Waals surface area contributed by atoms with Crippen molar-refractivity contribution in [3.05, 3.63) is 41.2 Å². The van der Waals surface area contributed by atoms with Gasteiger partial charge in [-0.15, -0.1) is 11.3 Å². The SMILES string of the molecule is CC(C)(C)OC(=O)NC1CCCCC1.Cc1cn2nc(-c3cnc4ccsc4n3)cc(C(F)F)c2n1. The van der Waals surface area contributed by atoms with E-state index in [1.165, 1.54) is 41.2 Å². The molecule has 4 aromatic rings. The molecular formula is C25H30F2N6O2S. The fraction of sp³-hybridized carbons (Fsp3) is 0.480. The molecule has 0 saturated heterocycles. The van der Waals surface area contributed by atoms with Crippen LogP contribution in [0.25, 0.3) is 27.4 Å². The maximum absolute atomic E-state index is 13.3. The lowest BCUT2D eigenvalue weighted by atomic mass is 9.96. The van der Waals surface area contributed by atoms with Crippen LogP contribution in [0, 0.1) is 6.92 Å². The van der Waals surface area contributed by atoms with Crippen molar-refractivity contribution in [1.29, 1.82) is 0 Å². The number of hydrogen-bond acceptors (Lipinski definition) is 7. The summed E-state index contributed by atoms with van der Waals surface area (Å²) in [7, 11) is 0. The number of alkyl carbamates (subject to hydrolysis) is 1. The molecule has 0 aliphatic heterocycles. The van der Waals surface area contributed by atoms with Gasteiger partial charge in [-0.2, -0.15) is 5.10 Å². The second kappa shape index (κ2) is 10.8. The normalized spacial score (nSPS) is 14.6. The third-order valence-electron chi connectivity index (χ3n) is 5.57. The summed E-state index contributed by atoms with van der Waals surface area (Å²) < 4.78 is 33.1. The van der Waals surface area contributed by atoms with Crippen LogP contribution < -0.4 is 5.32 Å². The summed E-state index contributed by atoms with van der Waals surface area (Å²) >= 11 is 1.45. The first-order chi connectivity index (χ1) is 17.1. The Balaban J connectivity index is 0.000000189. The number of rotatable bonds is 3. The Morgan fingerprint density at radius 3 is 2.64 bits per heavy atom. The third kappa shape index (κ3) is 6.51. The molecule has 11 heteroatoms. The average Bonchev–Trinajstić information content (AvgIpc) is 3.42. The Bertz CT molecular complexity index is 1340. The van der Waals surface area contributed by atoms with Gasteiger partial charge in [-0.25, -0.2) is 28.1 Å². The van der Waals surface area contributed by atoms with E-state index in [1.54, 1.807) is 19.3 Å². The number of alkyl halides is 2. The molecule has 1 aliphatic rings. The minimum atomic E-state index is -2.63. The summed E-state index contributed by atoms with van der Waals surface area (Å²) in [6.45, 7) is 7.38. The molecule has 0 atom stereocenters. The van der Waals surface area contributed by atoms with E-state index in [0.717, 1.165) is 23.2 Å². The second-order valence-corrected chi connectivity index (χ2v) is 10.7. The van der Waals surface area contributed by atoms with Crippen LogP contribution in [0.2, 0.25) is 0 Å². The zero-order valence-electron chi connectivity index (χ0n) is 20.8.